The number of carbonyl (C=O) groups excluding carboxylic acids is 1. The molecular formula is C25H24F4N4O3. The number of nitrogen functional groups attached to an aromatic ring is 1. The average molecular weight is 504 g/mol. The van der Waals surface area contributed by atoms with Crippen molar-refractivity contribution in [1.82, 2.24) is 14.9 Å². The van der Waals surface area contributed by atoms with Gasteiger partial charge in [0.25, 0.3) is 5.91 Å². The van der Waals surface area contributed by atoms with E-state index in [0.29, 0.717) is 13.1 Å². The fraction of sp³-hybridized carbons (Fsp3) is 0.360. The summed E-state index contributed by atoms with van der Waals surface area (Å²) >= 11 is 0. The standard InChI is InChI=1S/C25H24F4N4O3/c26-19(27)7-9-25(23(35)36,10-8-20(28)29)16-5-6-18-17(11-16)21(32-24(30)31-18)22(34)33-12-14-3-1-2-4-15(14)13-33/h1-6,11,19-20H,7-10,12-13H2,(H,35,36)(H2,30,31,32). The lowest BCUT2D eigenvalue weighted by molar-refractivity contribution is -0.145. The topological polar surface area (TPSA) is 109 Å². The molecule has 1 aromatic heterocycles. The number of rotatable bonds is 9. The molecule has 0 aliphatic carbocycles. The minimum Gasteiger partial charge on any atom is -0.481 e. The van der Waals surface area contributed by atoms with E-state index in [-0.39, 0.29) is 28.1 Å². The molecule has 0 bridgehead atoms. The molecule has 0 radical (unpaired) electrons. The molecule has 0 spiro atoms. The molecule has 1 aliphatic heterocycles. The van der Waals surface area contributed by atoms with Crippen molar-refractivity contribution < 1.29 is 32.3 Å². The van der Waals surface area contributed by atoms with Crippen molar-refractivity contribution in [3.05, 3.63) is 64.8 Å². The van der Waals surface area contributed by atoms with Crippen molar-refractivity contribution in [3.63, 3.8) is 0 Å². The number of carboxylic acids is 1. The van der Waals surface area contributed by atoms with E-state index in [1.807, 2.05) is 24.3 Å². The lowest BCUT2D eigenvalue weighted by Gasteiger charge is -2.30. The third-order valence-electron chi connectivity index (χ3n) is 6.58. The molecule has 0 saturated heterocycles. The van der Waals surface area contributed by atoms with Gasteiger partial charge in [-0.2, -0.15) is 0 Å². The van der Waals surface area contributed by atoms with Crippen LogP contribution in [0.15, 0.2) is 42.5 Å². The van der Waals surface area contributed by atoms with Gasteiger partial charge in [0, 0.05) is 31.3 Å². The number of benzene rings is 2. The molecule has 36 heavy (non-hydrogen) atoms. The fourth-order valence-corrected chi connectivity index (χ4v) is 4.70. The van der Waals surface area contributed by atoms with Crippen molar-refractivity contribution in [1.29, 1.82) is 0 Å². The first kappa shape index (κ1) is 25.3. The summed E-state index contributed by atoms with van der Waals surface area (Å²) in [6.45, 7) is 0.671. The second-order valence-corrected chi connectivity index (χ2v) is 8.84. The van der Waals surface area contributed by atoms with E-state index >= 15 is 0 Å². The van der Waals surface area contributed by atoms with Gasteiger partial charge in [-0.15, -0.1) is 0 Å². The predicted octanol–water partition coefficient (Wildman–Crippen LogP) is 4.78. The van der Waals surface area contributed by atoms with E-state index in [1.54, 1.807) is 4.90 Å². The summed E-state index contributed by atoms with van der Waals surface area (Å²) in [6, 6.07) is 11.6. The van der Waals surface area contributed by atoms with Gasteiger partial charge in [-0.3, -0.25) is 9.59 Å². The van der Waals surface area contributed by atoms with E-state index < -0.39 is 55.8 Å². The number of anilines is 1. The maximum absolute atomic E-state index is 13.5. The Bertz CT molecular complexity index is 1260. The Balaban J connectivity index is 1.80. The minimum absolute atomic E-state index is 0.0240. The number of fused-ring (bicyclic) bond motifs is 2. The fourth-order valence-electron chi connectivity index (χ4n) is 4.70. The summed E-state index contributed by atoms with van der Waals surface area (Å²) in [6.07, 6.45) is -8.31. The zero-order chi connectivity index (χ0) is 26.0. The third-order valence-corrected chi connectivity index (χ3v) is 6.58. The number of aliphatic carboxylic acids is 1. The van der Waals surface area contributed by atoms with Crippen LogP contribution in [0.5, 0.6) is 0 Å². The molecule has 2 aromatic carbocycles. The van der Waals surface area contributed by atoms with E-state index in [4.69, 9.17) is 5.73 Å². The number of nitrogens with two attached hydrogens (primary N) is 1. The Hall–Kier alpha value is -3.76. The first-order valence-corrected chi connectivity index (χ1v) is 11.3. The first-order valence-electron chi connectivity index (χ1n) is 11.3. The van der Waals surface area contributed by atoms with Crippen molar-refractivity contribution >= 4 is 28.7 Å². The Morgan fingerprint density at radius 1 is 0.972 bits per heavy atom. The van der Waals surface area contributed by atoms with Crippen LogP contribution in [0.1, 0.15) is 52.9 Å². The van der Waals surface area contributed by atoms with Crippen LogP contribution in [-0.2, 0) is 23.3 Å². The second-order valence-electron chi connectivity index (χ2n) is 8.84. The van der Waals surface area contributed by atoms with Gasteiger partial charge in [-0.25, -0.2) is 27.5 Å². The van der Waals surface area contributed by atoms with Crippen LogP contribution in [-0.4, -0.2) is 44.7 Å². The summed E-state index contributed by atoms with van der Waals surface area (Å²) in [4.78, 5) is 35.6. The highest BCUT2D eigenvalue weighted by atomic mass is 19.3. The Labute approximate surface area is 203 Å². The molecule has 0 fully saturated rings. The molecule has 11 heteroatoms. The van der Waals surface area contributed by atoms with Gasteiger partial charge >= 0.3 is 5.97 Å². The van der Waals surface area contributed by atoms with Crippen LogP contribution < -0.4 is 5.73 Å². The van der Waals surface area contributed by atoms with Gasteiger partial charge in [0.05, 0.1) is 10.9 Å². The molecule has 3 aromatic rings. The van der Waals surface area contributed by atoms with Crippen LogP contribution in [0.25, 0.3) is 10.9 Å². The number of nitrogens with zero attached hydrogens (tertiary/aromatic N) is 3. The molecule has 2 heterocycles. The molecule has 3 N–H and O–H groups in total. The van der Waals surface area contributed by atoms with E-state index in [9.17, 15) is 32.3 Å². The van der Waals surface area contributed by atoms with Crippen LogP contribution in [0.4, 0.5) is 23.5 Å². The number of alkyl halides is 4. The molecule has 0 saturated carbocycles. The molecule has 1 aliphatic rings. The quantitative estimate of drug-likeness (QED) is 0.406. The Morgan fingerprint density at radius 2 is 1.56 bits per heavy atom. The maximum atomic E-state index is 13.5. The number of carbonyl (C=O) groups is 2. The zero-order valence-electron chi connectivity index (χ0n) is 19.1. The second kappa shape index (κ2) is 10.1. The zero-order valence-corrected chi connectivity index (χ0v) is 19.1. The number of aromatic nitrogens is 2. The summed E-state index contributed by atoms with van der Waals surface area (Å²) < 4.78 is 52.3. The smallest absolute Gasteiger partial charge is 0.314 e. The number of hydrogen-bond donors (Lipinski definition) is 2. The molecule has 4 rings (SSSR count). The largest absolute Gasteiger partial charge is 0.481 e. The maximum Gasteiger partial charge on any atom is 0.314 e. The molecule has 1 amide bonds. The van der Waals surface area contributed by atoms with Crippen LogP contribution in [0.2, 0.25) is 0 Å². The third kappa shape index (κ3) is 4.95. The molecule has 0 unspecified atom stereocenters. The Morgan fingerprint density at radius 3 is 2.08 bits per heavy atom. The normalized spacial score (nSPS) is 13.6. The summed E-state index contributed by atoms with van der Waals surface area (Å²) in [5, 5.41) is 10.2. The lowest BCUT2D eigenvalue weighted by atomic mass is 9.73. The van der Waals surface area contributed by atoms with Gasteiger partial charge < -0.3 is 15.7 Å². The molecule has 190 valence electrons. The summed E-state index contributed by atoms with van der Waals surface area (Å²) in [5.41, 5.74) is 5.96. The summed E-state index contributed by atoms with van der Waals surface area (Å²) in [7, 11) is 0. The molecular weight excluding hydrogens is 480 g/mol. The van der Waals surface area contributed by atoms with E-state index in [1.165, 1.54) is 18.2 Å². The van der Waals surface area contributed by atoms with Gasteiger partial charge in [-0.1, -0.05) is 30.3 Å². The lowest BCUT2D eigenvalue weighted by Crippen LogP contribution is -2.37. The van der Waals surface area contributed by atoms with Crippen molar-refractivity contribution in [2.24, 2.45) is 0 Å². The number of hydrogen-bond acceptors (Lipinski definition) is 5. The van der Waals surface area contributed by atoms with Crippen molar-refractivity contribution in [2.45, 2.75) is 57.0 Å². The highest BCUT2D eigenvalue weighted by molar-refractivity contribution is 6.05. The predicted molar refractivity (Wildman–Crippen MR) is 124 cm³/mol. The average Bonchev–Trinajstić information content (AvgIpc) is 3.27. The molecule has 7 nitrogen and oxygen atoms in total. The van der Waals surface area contributed by atoms with E-state index in [0.717, 1.165) is 11.1 Å². The van der Waals surface area contributed by atoms with Gasteiger partial charge in [0.2, 0.25) is 18.8 Å². The Kier molecular flexibility index (Phi) is 7.09. The van der Waals surface area contributed by atoms with Gasteiger partial charge in [-0.05, 0) is 41.7 Å². The van der Waals surface area contributed by atoms with E-state index in [2.05, 4.69) is 9.97 Å². The van der Waals surface area contributed by atoms with Crippen LogP contribution >= 0.6 is 0 Å². The highest BCUT2D eigenvalue weighted by Gasteiger charge is 2.41. The minimum atomic E-state index is -2.81. The van der Waals surface area contributed by atoms with Crippen molar-refractivity contribution in [2.75, 3.05) is 5.73 Å². The van der Waals surface area contributed by atoms with Crippen LogP contribution in [0.3, 0.4) is 0 Å². The monoisotopic (exact) mass is 504 g/mol. The van der Waals surface area contributed by atoms with Gasteiger partial charge in [0.1, 0.15) is 5.69 Å². The van der Waals surface area contributed by atoms with Crippen LogP contribution in [0, 0.1) is 0 Å². The SMILES string of the molecule is Nc1nc(C(=O)N2Cc3ccccc3C2)c2cc(C(CCC(F)F)(CCC(F)F)C(=O)O)ccc2n1. The highest BCUT2D eigenvalue weighted by Crippen LogP contribution is 2.39. The van der Waals surface area contributed by atoms with Gasteiger partial charge in [0.15, 0.2) is 0 Å². The summed E-state index contributed by atoms with van der Waals surface area (Å²) in [5.74, 6) is -2.14. The molecule has 0 atom stereocenters. The first-order chi connectivity index (χ1) is 17.1. The van der Waals surface area contributed by atoms with Crippen molar-refractivity contribution in [3.8, 4) is 0 Å². The number of amides is 1. The number of carboxylic acid groups (broad SMARTS) is 1. The number of halogens is 4.